The molecule has 0 bridgehead atoms. The summed E-state index contributed by atoms with van der Waals surface area (Å²) in [6.07, 6.45) is 1.23. The lowest BCUT2D eigenvalue weighted by Gasteiger charge is -2.37. The Balaban J connectivity index is 0.00000210. The summed E-state index contributed by atoms with van der Waals surface area (Å²) in [5.74, 6) is 1.43. The number of carbonyl (C=O) groups excluding carboxylic acids is 1. The molecule has 3 unspecified atom stereocenters. The summed E-state index contributed by atoms with van der Waals surface area (Å²) in [7, 11) is 1.43. The van der Waals surface area contributed by atoms with Crippen LogP contribution in [0.25, 0.3) is 0 Å². The van der Waals surface area contributed by atoms with Gasteiger partial charge >= 0.3 is 5.97 Å². The van der Waals surface area contributed by atoms with Crippen molar-refractivity contribution in [3.05, 3.63) is 70.3 Å². The molecule has 1 aliphatic carbocycles. The van der Waals surface area contributed by atoms with Gasteiger partial charge in [-0.3, -0.25) is 0 Å². The van der Waals surface area contributed by atoms with Crippen molar-refractivity contribution in [3.8, 4) is 0 Å². The lowest BCUT2D eigenvalue weighted by Crippen LogP contribution is -2.38. The Bertz CT molecular complexity index is 818. The van der Waals surface area contributed by atoms with Crippen LogP contribution in [0, 0.1) is 12.8 Å². The summed E-state index contributed by atoms with van der Waals surface area (Å²) in [5, 5.41) is 0. The molecule has 0 N–H and O–H groups in total. The standard InChI is InChI=1S/C23H27NO2.ClH/c1-4-24-12-11-19-21(14-24)18-10-5-15(2)13-20(18)22(19)16-6-8-17(9-7-16)23(25)26-3;/h5-10,13,19,21-22H,4,11-12,14H2,1-3H3;1H. The number of methoxy groups -OCH3 is 1. The van der Waals surface area contributed by atoms with Gasteiger partial charge in [0.05, 0.1) is 12.7 Å². The van der Waals surface area contributed by atoms with E-state index in [0.717, 1.165) is 13.1 Å². The third-order valence-corrected chi connectivity index (χ3v) is 6.29. The molecule has 0 amide bonds. The second-order valence-corrected chi connectivity index (χ2v) is 7.68. The van der Waals surface area contributed by atoms with Gasteiger partial charge < -0.3 is 9.64 Å². The van der Waals surface area contributed by atoms with E-state index in [4.69, 9.17) is 4.74 Å². The molecule has 3 atom stereocenters. The zero-order valence-electron chi connectivity index (χ0n) is 16.3. The first-order valence-corrected chi connectivity index (χ1v) is 9.63. The van der Waals surface area contributed by atoms with Crippen LogP contribution in [0.1, 0.15) is 57.8 Å². The van der Waals surface area contributed by atoms with Crippen molar-refractivity contribution < 1.29 is 9.53 Å². The summed E-state index contributed by atoms with van der Waals surface area (Å²) in [6, 6.07) is 15.0. The Kier molecular flexibility index (Phi) is 5.92. The largest absolute Gasteiger partial charge is 0.465 e. The molecule has 27 heavy (non-hydrogen) atoms. The summed E-state index contributed by atoms with van der Waals surface area (Å²) in [6.45, 7) is 7.91. The Hall–Kier alpha value is -1.84. The van der Waals surface area contributed by atoms with Crippen LogP contribution in [-0.4, -0.2) is 37.6 Å². The highest BCUT2D eigenvalue weighted by Gasteiger charge is 2.43. The highest BCUT2D eigenvalue weighted by Crippen LogP contribution is 2.53. The molecule has 2 aromatic carbocycles. The first-order chi connectivity index (χ1) is 12.6. The van der Waals surface area contributed by atoms with Crippen LogP contribution in [0.5, 0.6) is 0 Å². The van der Waals surface area contributed by atoms with Crippen molar-refractivity contribution in [2.24, 2.45) is 5.92 Å². The summed E-state index contributed by atoms with van der Waals surface area (Å²) >= 11 is 0. The number of carbonyl (C=O) groups is 1. The predicted molar refractivity (Wildman–Crippen MR) is 111 cm³/mol. The Labute approximate surface area is 168 Å². The van der Waals surface area contributed by atoms with Gasteiger partial charge in [0.1, 0.15) is 0 Å². The van der Waals surface area contributed by atoms with E-state index < -0.39 is 0 Å². The van der Waals surface area contributed by atoms with Crippen molar-refractivity contribution >= 4 is 18.4 Å². The fraction of sp³-hybridized carbons (Fsp3) is 0.435. The number of fused-ring (bicyclic) bond motifs is 3. The summed E-state index contributed by atoms with van der Waals surface area (Å²) < 4.78 is 4.84. The van der Waals surface area contributed by atoms with E-state index in [0.29, 0.717) is 23.3 Å². The summed E-state index contributed by atoms with van der Waals surface area (Å²) in [4.78, 5) is 14.3. The molecule has 1 aliphatic heterocycles. The van der Waals surface area contributed by atoms with Crippen molar-refractivity contribution in [1.29, 1.82) is 0 Å². The van der Waals surface area contributed by atoms with Crippen LogP contribution in [0.3, 0.4) is 0 Å². The van der Waals surface area contributed by atoms with Gasteiger partial charge in [-0.25, -0.2) is 4.79 Å². The predicted octanol–water partition coefficient (Wildman–Crippen LogP) is 4.77. The smallest absolute Gasteiger partial charge is 0.337 e. The number of piperidine rings is 1. The topological polar surface area (TPSA) is 29.5 Å². The second kappa shape index (κ2) is 8.04. The van der Waals surface area contributed by atoms with Crippen LogP contribution in [0.15, 0.2) is 42.5 Å². The number of hydrogen-bond donors (Lipinski definition) is 0. The number of rotatable bonds is 3. The van der Waals surface area contributed by atoms with E-state index in [9.17, 15) is 4.79 Å². The van der Waals surface area contributed by atoms with Gasteiger partial charge in [0.15, 0.2) is 0 Å². The van der Waals surface area contributed by atoms with E-state index in [-0.39, 0.29) is 18.4 Å². The van der Waals surface area contributed by atoms with Crippen LogP contribution in [0.4, 0.5) is 0 Å². The molecular weight excluding hydrogens is 358 g/mol. The third-order valence-electron chi connectivity index (χ3n) is 6.29. The monoisotopic (exact) mass is 385 g/mol. The van der Waals surface area contributed by atoms with E-state index >= 15 is 0 Å². The Morgan fingerprint density at radius 3 is 2.56 bits per heavy atom. The van der Waals surface area contributed by atoms with Crippen LogP contribution in [0.2, 0.25) is 0 Å². The van der Waals surface area contributed by atoms with Crippen LogP contribution >= 0.6 is 12.4 Å². The lowest BCUT2D eigenvalue weighted by molar-refractivity contribution is 0.0600. The van der Waals surface area contributed by atoms with Gasteiger partial charge in [-0.1, -0.05) is 42.8 Å². The minimum absolute atomic E-state index is 0. The normalized spacial score (nSPS) is 23.9. The molecule has 1 fully saturated rings. The van der Waals surface area contributed by atoms with E-state index in [1.54, 1.807) is 0 Å². The van der Waals surface area contributed by atoms with Crippen molar-refractivity contribution in [3.63, 3.8) is 0 Å². The van der Waals surface area contributed by atoms with Crippen molar-refractivity contribution in [2.45, 2.75) is 32.1 Å². The van der Waals surface area contributed by atoms with Crippen molar-refractivity contribution in [2.75, 3.05) is 26.7 Å². The number of benzene rings is 2. The minimum atomic E-state index is -0.270. The minimum Gasteiger partial charge on any atom is -0.465 e. The Morgan fingerprint density at radius 2 is 1.89 bits per heavy atom. The molecule has 0 aromatic heterocycles. The molecule has 1 heterocycles. The number of aryl methyl sites for hydroxylation is 1. The zero-order valence-corrected chi connectivity index (χ0v) is 17.1. The van der Waals surface area contributed by atoms with E-state index in [2.05, 4.69) is 49.1 Å². The molecule has 0 spiro atoms. The number of hydrogen-bond acceptors (Lipinski definition) is 3. The fourth-order valence-electron chi connectivity index (χ4n) is 4.96. The van der Waals surface area contributed by atoms with E-state index in [1.165, 1.54) is 42.3 Å². The number of likely N-dealkylation sites (N-methyl/N-ethyl adjacent to an activating group) is 1. The molecule has 0 radical (unpaired) electrons. The van der Waals surface area contributed by atoms with Gasteiger partial charge in [-0.15, -0.1) is 12.4 Å². The maximum atomic E-state index is 11.8. The van der Waals surface area contributed by atoms with Gasteiger partial charge in [-0.2, -0.15) is 0 Å². The Morgan fingerprint density at radius 1 is 1.15 bits per heavy atom. The van der Waals surface area contributed by atoms with Crippen LogP contribution < -0.4 is 0 Å². The maximum Gasteiger partial charge on any atom is 0.337 e. The molecule has 4 heteroatoms. The van der Waals surface area contributed by atoms with Crippen molar-refractivity contribution in [1.82, 2.24) is 4.90 Å². The first kappa shape index (κ1) is 19.9. The molecule has 0 saturated carbocycles. The number of esters is 1. The highest BCUT2D eigenvalue weighted by atomic mass is 35.5. The SMILES string of the molecule is CCN1CCC2C(C1)c1ccc(C)cc1C2c1ccc(C(=O)OC)cc1.Cl. The zero-order chi connectivity index (χ0) is 18.3. The lowest BCUT2D eigenvalue weighted by atomic mass is 9.78. The molecule has 3 nitrogen and oxygen atoms in total. The molecule has 4 rings (SSSR count). The van der Waals surface area contributed by atoms with Gasteiger partial charge in [0, 0.05) is 18.4 Å². The average molecular weight is 386 g/mol. The number of likely N-dealkylation sites (tertiary alicyclic amines) is 1. The molecule has 2 aliphatic rings. The maximum absolute atomic E-state index is 11.8. The first-order valence-electron chi connectivity index (χ1n) is 9.63. The van der Waals surface area contributed by atoms with Crippen LogP contribution in [-0.2, 0) is 4.74 Å². The van der Waals surface area contributed by atoms with Gasteiger partial charge in [-0.05, 0) is 61.2 Å². The third kappa shape index (κ3) is 3.51. The molecular formula is C23H28ClNO2. The number of nitrogens with zero attached hydrogens (tertiary/aromatic N) is 1. The summed E-state index contributed by atoms with van der Waals surface area (Å²) in [5.41, 5.74) is 6.29. The number of ether oxygens (including phenoxy) is 1. The highest BCUT2D eigenvalue weighted by molar-refractivity contribution is 5.89. The number of halogens is 1. The molecule has 2 aromatic rings. The second-order valence-electron chi connectivity index (χ2n) is 7.68. The fourth-order valence-corrected chi connectivity index (χ4v) is 4.96. The van der Waals surface area contributed by atoms with Gasteiger partial charge in [0.2, 0.25) is 0 Å². The molecule has 1 saturated heterocycles. The molecule has 144 valence electrons. The average Bonchev–Trinajstić information content (AvgIpc) is 2.99. The quantitative estimate of drug-likeness (QED) is 0.712. The van der Waals surface area contributed by atoms with Gasteiger partial charge in [0.25, 0.3) is 0 Å². The van der Waals surface area contributed by atoms with E-state index in [1.807, 2.05) is 12.1 Å².